The maximum atomic E-state index is 5.44. The predicted molar refractivity (Wildman–Crippen MR) is 72.1 cm³/mol. The lowest BCUT2D eigenvalue weighted by Gasteiger charge is -2.21. The number of furan rings is 1. The van der Waals surface area contributed by atoms with Crippen LogP contribution in [0.15, 0.2) is 22.8 Å². The molecule has 98 valence electrons. The van der Waals surface area contributed by atoms with Crippen LogP contribution in [0.25, 0.3) is 0 Å². The first kappa shape index (κ1) is 14.3. The minimum absolute atomic E-state index is 0.352. The highest BCUT2D eigenvalue weighted by atomic mass is 16.3. The van der Waals surface area contributed by atoms with Gasteiger partial charge in [0, 0.05) is 13.1 Å². The van der Waals surface area contributed by atoms with Crippen LogP contribution in [-0.2, 0) is 0 Å². The Kier molecular flexibility index (Phi) is 6.97. The van der Waals surface area contributed by atoms with Gasteiger partial charge in [-0.2, -0.15) is 0 Å². The second kappa shape index (κ2) is 8.31. The molecule has 0 aromatic carbocycles. The topological polar surface area (TPSA) is 28.4 Å². The number of hydrogen-bond acceptors (Lipinski definition) is 3. The second-order valence-corrected chi connectivity index (χ2v) is 4.36. The van der Waals surface area contributed by atoms with Gasteiger partial charge in [0.15, 0.2) is 0 Å². The molecule has 1 N–H and O–H groups in total. The number of nitrogens with one attached hydrogen (secondary N) is 1. The average Bonchev–Trinajstić information content (AvgIpc) is 2.87. The van der Waals surface area contributed by atoms with Crippen LogP contribution >= 0.6 is 0 Å². The van der Waals surface area contributed by atoms with Crippen molar-refractivity contribution < 1.29 is 4.42 Å². The van der Waals surface area contributed by atoms with Gasteiger partial charge in [-0.15, -0.1) is 0 Å². The zero-order chi connectivity index (χ0) is 12.5. The summed E-state index contributed by atoms with van der Waals surface area (Å²) in [5, 5.41) is 3.56. The van der Waals surface area contributed by atoms with Crippen molar-refractivity contribution in [1.82, 2.24) is 10.2 Å². The Morgan fingerprint density at radius 1 is 1.29 bits per heavy atom. The van der Waals surface area contributed by atoms with Crippen molar-refractivity contribution in [3.63, 3.8) is 0 Å². The molecule has 0 aliphatic carbocycles. The Balaban J connectivity index is 2.28. The molecular weight excluding hydrogens is 212 g/mol. The molecule has 0 amide bonds. The highest BCUT2D eigenvalue weighted by Gasteiger charge is 2.11. The molecule has 17 heavy (non-hydrogen) atoms. The van der Waals surface area contributed by atoms with Crippen LogP contribution in [0.4, 0.5) is 0 Å². The Morgan fingerprint density at radius 3 is 2.65 bits per heavy atom. The minimum atomic E-state index is 0.352. The van der Waals surface area contributed by atoms with Gasteiger partial charge < -0.3 is 14.6 Å². The molecule has 0 spiro atoms. The second-order valence-electron chi connectivity index (χ2n) is 4.36. The smallest absolute Gasteiger partial charge is 0.120 e. The predicted octanol–water partition coefficient (Wildman–Crippen LogP) is 3.05. The molecule has 3 nitrogen and oxygen atoms in total. The Labute approximate surface area is 105 Å². The normalized spacial score (nSPS) is 13.2. The minimum Gasteiger partial charge on any atom is -0.468 e. The van der Waals surface area contributed by atoms with Crippen LogP contribution in [-0.4, -0.2) is 31.1 Å². The van der Waals surface area contributed by atoms with E-state index in [1.807, 2.05) is 12.1 Å². The van der Waals surface area contributed by atoms with Crippen LogP contribution in [0.3, 0.4) is 0 Å². The fraction of sp³-hybridized carbons (Fsp3) is 0.714. The van der Waals surface area contributed by atoms with Gasteiger partial charge in [-0.25, -0.2) is 0 Å². The van der Waals surface area contributed by atoms with Gasteiger partial charge in [-0.1, -0.05) is 20.8 Å². The maximum absolute atomic E-state index is 5.44. The van der Waals surface area contributed by atoms with Gasteiger partial charge in [0.1, 0.15) is 5.76 Å². The van der Waals surface area contributed by atoms with E-state index in [0.717, 1.165) is 31.8 Å². The highest BCUT2D eigenvalue weighted by molar-refractivity contribution is 5.03. The summed E-state index contributed by atoms with van der Waals surface area (Å²) >= 11 is 0. The number of nitrogens with zero attached hydrogens (tertiary/aromatic N) is 1. The zero-order valence-electron chi connectivity index (χ0n) is 11.4. The number of rotatable bonds is 9. The summed E-state index contributed by atoms with van der Waals surface area (Å²) in [6, 6.07) is 4.35. The van der Waals surface area contributed by atoms with E-state index in [0.29, 0.717) is 6.04 Å². The summed E-state index contributed by atoms with van der Waals surface area (Å²) in [6.07, 6.45) is 4.03. The van der Waals surface area contributed by atoms with Crippen molar-refractivity contribution in [2.75, 3.05) is 26.2 Å². The molecular formula is C14H26N2O. The standard InChI is InChI=1S/C14H26N2O/c1-4-10-16(6-3)11-9-15-13(5-2)14-8-7-12-17-14/h7-8,12-13,15H,4-6,9-11H2,1-3H3. The quantitative estimate of drug-likeness (QED) is 0.717. The van der Waals surface area contributed by atoms with Gasteiger partial charge >= 0.3 is 0 Å². The van der Waals surface area contributed by atoms with Crippen molar-refractivity contribution in [3.05, 3.63) is 24.2 Å². The van der Waals surface area contributed by atoms with Crippen LogP contribution in [0.5, 0.6) is 0 Å². The third-order valence-corrected chi connectivity index (χ3v) is 3.10. The molecule has 0 fully saturated rings. The highest BCUT2D eigenvalue weighted by Crippen LogP contribution is 2.16. The van der Waals surface area contributed by atoms with E-state index in [9.17, 15) is 0 Å². The van der Waals surface area contributed by atoms with E-state index in [1.165, 1.54) is 13.0 Å². The first-order valence-electron chi connectivity index (χ1n) is 6.80. The van der Waals surface area contributed by atoms with E-state index < -0.39 is 0 Å². The first-order valence-corrected chi connectivity index (χ1v) is 6.80. The van der Waals surface area contributed by atoms with E-state index in [1.54, 1.807) is 6.26 Å². The lowest BCUT2D eigenvalue weighted by atomic mass is 10.2. The summed E-state index contributed by atoms with van der Waals surface area (Å²) in [7, 11) is 0. The average molecular weight is 238 g/mol. The van der Waals surface area contributed by atoms with Crippen LogP contribution in [0.1, 0.15) is 45.4 Å². The van der Waals surface area contributed by atoms with Crippen molar-refractivity contribution in [3.8, 4) is 0 Å². The fourth-order valence-electron chi connectivity index (χ4n) is 2.08. The van der Waals surface area contributed by atoms with E-state index in [4.69, 9.17) is 4.42 Å². The van der Waals surface area contributed by atoms with Gasteiger partial charge in [-0.05, 0) is 38.1 Å². The molecule has 1 aromatic rings. The summed E-state index contributed by atoms with van der Waals surface area (Å²) < 4.78 is 5.44. The van der Waals surface area contributed by atoms with E-state index in [2.05, 4.69) is 31.0 Å². The lowest BCUT2D eigenvalue weighted by molar-refractivity contribution is 0.277. The lowest BCUT2D eigenvalue weighted by Crippen LogP contribution is -2.34. The van der Waals surface area contributed by atoms with Crippen molar-refractivity contribution >= 4 is 0 Å². The Morgan fingerprint density at radius 2 is 2.12 bits per heavy atom. The molecule has 1 atom stereocenters. The third-order valence-electron chi connectivity index (χ3n) is 3.10. The van der Waals surface area contributed by atoms with Gasteiger partial charge in [0.2, 0.25) is 0 Å². The van der Waals surface area contributed by atoms with Gasteiger partial charge in [0.25, 0.3) is 0 Å². The monoisotopic (exact) mass is 238 g/mol. The van der Waals surface area contributed by atoms with E-state index >= 15 is 0 Å². The molecule has 0 saturated carbocycles. The summed E-state index contributed by atoms with van der Waals surface area (Å²) in [5.74, 6) is 1.05. The van der Waals surface area contributed by atoms with Gasteiger partial charge in [-0.3, -0.25) is 0 Å². The number of likely N-dealkylation sites (N-methyl/N-ethyl adjacent to an activating group) is 1. The molecule has 0 bridgehead atoms. The van der Waals surface area contributed by atoms with Crippen molar-refractivity contribution in [2.45, 2.75) is 39.7 Å². The molecule has 1 aromatic heterocycles. The summed E-state index contributed by atoms with van der Waals surface area (Å²) in [6.45, 7) is 11.1. The SMILES string of the molecule is CCCN(CC)CCNC(CC)c1ccco1. The molecule has 0 aliphatic rings. The van der Waals surface area contributed by atoms with Crippen LogP contribution in [0.2, 0.25) is 0 Å². The fourth-order valence-corrected chi connectivity index (χ4v) is 2.08. The Bertz CT molecular complexity index is 272. The van der Waals surface area contributed by atoms with Crippen LogP contribution < -0.4 is 5.32 Å². The van der Waals surface area contributed by atoms with E-state index in [-0.39, 0.29) is 0 Å². The number of hydrogen-bond donors (Lipinski definition) is 1. The maximum Gasteiger partial charge on any atom is 0.120 e. The molecule has 1 heterocycles. The van der Waals surface area contributed by atoms with Crippen molar-refractivity contribution in [2.24, 2.45) is 0 Å². The molecule has 3 heteroatoms. The summed E-state index contributed by atoms with van der Waals surface area (Å²) in [5.41, 5.74) is 0. The molecule has 1 unspecified atom stereocenters. The Hall–Kier alpha value is -0.800. The molecule has 1 rings (SSSR count). The molecule has 0 radical (unpaired) electrons. The van der Waals surface area contributed by atoms with Crippen molar-refractivity contribution in [1.29, 1.82) is 0 Å². The zero-order valence-corrected chi connectivity index (χ0v) is 11.4. The summed E-state index contributed by atoms with van der Waals surface area (Å²) in [4.78, 5) is 2.47. The molecule has 0 aliphatic heterocycles. The first-order chi connectivity index (χ1) is 8.31. The van der Waals surface area contributed by atoms with Crippen LogP contribution in [0, 0.1) is 0 Å². The largest absolute Gasteiger partial charge is 0.468 e. The van der Waals surface area contributed by atoms with Gasteiger partial charge in [0.05, 0.1) is 12.3 Å². The molecule has 0 saturated heterocycles. The third kappa shape index (κ3) is 4.92.